The van der Waals surface area contributed by atoms with E-state index >= 15 is 0 Å². The van der Waals surface area contributed by atoms with Crippen molar-refractivity contribution in [2.24, 2.45) is 0 Å². The van der Waals surface area contributed by atoms with Crippen LogP contribution in [-0.2, 0) is 11.2 Å². The summed E-state index contributed by atoms with van der Waals surface area (Å²) < 4.78 is 32.3. The normalized spacial score (nSPS) is 17.0. The fraction of sp³-hybridized carbons (Fsp3) is 0.278. The van der Waals surface area contributed by atoms with Gasteiger partial charge in [0.1, 0.15) is 17.7 Å². The minimum atomic E-state index is -0.755. The van der Waals surface area contributed by atoms with Gasteiger partial charge in [0.2, 0.25) is 17.6 Å². The molecule has 1 aliphatic heterocycles. The Labute approximate surface area is 152 Å². The molecule has 1 amide bonds. The number of benzene rings is 1. The van der Waals surface area contributed by atoms with E-state index in [0.717, 1.165) is 24.1 Å². The summed E-state index contributed by atoms with van der Waals surface area (Å²) in [6.07, 6.45) is 1.87. The molecule has 3 heterocycles. The van der Waals surface area contributed by atoms with E-state index in [0.29, 0.717) is 19.4 Å². The number of carbonyl (C=O) groups is 1. The van der Waals surface area contributed by atoms with Crippen molar-refractivity contribution in [2.45, 2.75) is 25.3 Å². The van der Waals surface area contributed by atoms with Gasteiger partial charge in [-0.15, -0.1) is 0 Å². The van der Waals surface area contributed by atoms with Crippen molar-refractivity contribution in [3.8, 4) is 11.4 Å². The largest absolute Gasteiger partial charge is 0.337 e. The first-order valence-corrected chi connectivity index (χ1v) is 9.15. The minimum Gasteiger partial charge on any atom is -0.337 e. The summed E-state index contributed by atoms with van der Waals surface area (Å²) in [5.74, 6) is -1.10. The predicted octanol–water partition coefficient (Wildman–Crippen LogP) is 3.98. The molecule has 26 heavy (non-hydrogen) atoms. The number of amides is 1. The third-order valence-electron chi connectivity index (χ3n) is 4.41. The molecule has 1 atom stereocenters. The summed E-state index contributed by atoms with van der Waals surface area (Å²) in [7, 11) is 0. The van der Waals surface area contributed by atoms with E-state index < -0.39 is 11.6 Å². The summed E-state index contributed by atoms with van der Waals surface area (Å²) in [5, 5.41) is 7.69. The number of nitrogens with zero attached hydrogens (tertiary/aromatic N) is 3. The van der Waals surface area contributed by atoms with Crippen LogP contribution in [0.1, 0.15) is 30.3 Å². The molecule has 134 valence electrons. The average Bonchev–Trinajstić information content (AvgIpc) is 3.35. The van der Waals surface area contributed by atoms with Gasteiger partial charge in [-0.3, -0.25) is 4.79 Å². The number of likely N-dealkylation sites (tertiary alicyclic amines) is 1. The number of hydrogen-bond donors (Lipinski definition) is 0. The average molecular weight is 375 g/mol. The summed E-state index contributed by atoms with van der Waals surface area (Å²) in [5.41, 5.74) is 1.04. The van der Waals surface area contributed by atoms with E-state index in [1.807, 2.05) is 16.8 Å². The Balaban J connectivity index is 1.55. The molecule has 1 unspecified atom stereocenters. The molecule has 0 saturated carbocycles. The standard InChI is InChI=1S/C18H15F2N3O2S/c19-12-3-4-13(14(20)9-12)17-21-18(25-22-17)15-2-1-6-23(15)16(24)8-11-5-7-26-10-11/h3-5,7,9-10,15H,1-2,6,8H2. The molecule has 0 aliphatic carbocycles. The number of thiophene rings is 1. The molecule has 2 aromatic heterocycles. The topological polar surface area (TPSA) is 59.2 Å². The van der Waals surface area contributed by atoms with Gasteiger partial charge in [0.05, 0.1) is 12.0 Å². The first kappa shape index (κ1) is 16.8. The van der Waals surface area contributed by atoms with E-state index in [4.69, 9.17) is 4.52 Å². The number of rotatable bonds is 4. The fourth-order valence-electron chi connectivity index (χ4n) is 3.14. The Morgan fingerprint density at radius 1 is 1.35 bits per heavy atom. The maximum absolute atomic E-state index is 13.9. The molecule has 1 aliphatic rings. The van der Waals surface area contributed by atoms with Crippen molar-refractivity contribution in [1.29, 1.82) is 0 Å². The van der Waals surface area contributed by atoms with Crippen LogP contribution in [-0.4, -0.2) is 27.5 Å². The molecule has 0 radical (unpaired) electrons. The number of aromatic nitrogens is 2. The second-order valence-corrected chi connectivity index (χ2v) is 6.91. The zero-order chi connectivity index (χ0) is 18.1. The number of hydrogen-bond acceptors (Lipinski definition) is 5. The van der Waals surface area contributed by atoms with Crippen LogP contribution in [0, 0.1) is 11.6 Å². The molecular formula is C18H15F2N3O2S. The number of carbonyl (C=O) groups excluding carboxylic acids is 1. The molecule has 0 N–H and O–H groups in total. The molecule has 5 nitrogen and oxygen atoms in total. The van der Waals surface area contributed by atoms with Crippen molar-refractivity contribution < 1.29 is 18.1 Å². The van der Waals surface area contributed by atoms with Crippen LogP contribution >= 0.6 is 11.3 Å². The van der Waals surface area contributed by atoms with Gasteiger partial charge in [-0.1, -0.05) is 5.16 Å². The third-order valence-corrected chi connectivity index (χ3v) is 5.14. The van der Waals surface area contributed by atoms with E-state index in [1.165, 1.54) is 6.07 Å². The Morgan fingerprint density at radius 2 is 2.23 bits per heavy atom. The van der Waals surface area contributed by atoms with E-state index in [9.17, 15) is 13.6 Å². The smallest absolute Gasteiger partial charge is 0.249 e. The second kappa shape index (κ2) is 6.95. The van der Waals surface area contributed by atoms with E-state index in [2.05, 4.69) is 10.1 Å². The molecule has 1 saturated heterocycles. The van der Waals surface area contributed by atoms with Crippen molar-refractivity contribution in [2.75, 3.05) is 6.54 Å². The van der Waals surface area contributed by atoms with Crippen LogP contribution in [0.2, 0.25) is 0 Å². The third kappa shape index (κ3) is 3.24. The van der Waals surface area contributed by atoms with Gasteiger partial charge in [0, 0.05) is 12.6 Å². The Kier molecular flexibility index (Phi) is 4.50. The first-order chi connectivity index (χ1) is 12.6. The lowest BCUT2D eigenvalue weighted by Gasteiger charge is -2.21. The van der Waals surface area contributed by atoms with Crippen LogP contribution in [0.15, 0.2) is 39.5 Å². The summed E-state index contributed by atoms with van der Waals surface area (Å²) in [4.78, 5) is 18.6. The zero-order valence-electron chi connectivity index (χ0n) is 13.7. The zero-order valence-corrected chi connectivity index (χ0v) is 14.5. The van der Waals surface area contributed by atoms with Gasteiger partial charge < -0.3 is 9.42 Å². The molecular weight excluding hydrogens is 360 g/mol. The fourth-order valence-corrected chi connectivity index (χ4v) is 3.81. The summed E-state index contributed by atoms with van der Waals surface area (Å²) >= 11 is 1.55. The Hall–Kier alpha value is -2.61. The van der Waals surface area contributed by atoms with E-state index in [-0.39, 0.29) is 29.2 Å². The lowest BCUT2D eigenvalue weighted by Crippen LogP contribution is -2.31. The maximum atomic E-state index is 13.9. The van der Waals surface area contributed by atoms with Gasteiger partial charge in [0.15, 0.2) is 0 Å². The molecule has 0 spiro atoms. The molecule has 1 fully saturated rings. The highest BCUT2D eigenvalue weighted by Crippen LogP contribution is 2.33. The van der Waals surface area contributed by atoms with Crippen LogP contribution in [0.25, 0.3) is 11.4 Å². The van der Waals surface area contributed by atoms with E-state index in [1.54, 1.807) is 16.2 Å². The molecule has 3 aromatic rings. The number of halogens is 2. The molecule has 0 bridgehead atoms. The highest BCUT2D eigenvalue weighted by molar-refractivity contribution is 7.08. The Morgan fingerprint density at radius 3 is 3.00 bits per heavy atom. The summed E-state index contributed by atoms with van der Waals surface area (Å²) in [6, 6.07) is 4.80. The minimum absolute atomic E-state index is 0.00128. The second-order valence-electron chi connectivity index (χ2n) is 6.13. The monoisotopic (exact) mass is 375 g/mol. The molecule has 8 heteroatoms. The predicted molar refractivity (Wildman–Crippen MR) is 91.4 cm³/mol. The van der Waals surface area contributed by atoms with Gasteiger partial charge in [-0.25, -0.2) is 8.78 Å². The van der Waals surface area contributed by atoms with Crippen molar-refractivity contribution in [3.63, 3.8) is 0 Å². The van der Waals surface area contributed by atoms with Crippen LogP contribution in [0.4, 0.5) is 8.78 Å². The highest BCUT2D eigenvalue weighted by Gasteiger charge is 2.34. The maximum Gasteiger partial charge on any atom is 0.249 e. The summed E-state index contributed by atoms with van der Waals surface area (Å²) in [6.45, 7) is 0.621. The lowest BCUT2D eigenvalue weighted by atomic mass is 10.2. The quantitative estimate of drug-likeness (QED) is 0.692. The van der Waals surface area contributed by atoms with Gasteiger partial charge >= 0.3 is 0 Å². The first-order valence-electron chi connectivity index (χ1n) is 8.21. The van der Waals surface area contributed by atoms with Gasteiger partial charge in [0.25, 0.3) is 0 Å². The van der Waals surface area contributed by atoms with Crippen molar-refractivity contribution >= 4 is 17.2 Å². The van der Waals surface area contributed by atoms with Gasteiger partial charge in [-0.05, 0) is 47.4 Å². The van der Waals surface area contributed by atoms with Crippen LogP contribution in [0.5, 0.6) is 0 Å². The Bertz CT molecular complexity index is 926. The van der Waals surface area contributed by atoms with Crippen LogP contribution in [0.3, 0.4) is 0 Å². The van der Waals surface area contributed by atoms with Crippen molar-refractivity contribution in [1.82, 2.24) is 15.0 Å². The highest BCUT2D eigenvalue weighted by atomic mass is 32.1. The van der Waals surface area contributed by atoms with Gasteiger partial charge in [-0.2, -0.15) is 16.3 Å². The van der Waals surface area contributed by atoms with Crippen molar-refractivity contribution in [3.05, 3.63) is 58.1 Å². The van der Waals surface area contributed by atoms with Crippen LogP contribution < -0.4 is 0 Å². The molecule has 1 aromatic carbocycles. The SMILES string of the molecule is O=C(Cc1ccsc1)N1CCCC1c1nc(-c2ccc(F)cc2F)no1. The lowest BCUT2D eigenvalue weighted by molar-refractivity contribution is -0.131. The molecule has 4 rings (SSSR count).